The maximum absolute atomic E-state index is 12.7. The Balaban J connectivity index is 1.51. The van der Waals surface area contributed by atoms with Crippen LogP contribution in [0.25, 0.3) is 0 Å². The lowest BCUT2D eigenvalue weighted by Crippen LogP contribution is -2.43. The van der Waals surface area contributed by atoms with E-state index in [2.05, 4.69) is 14.9 Å². The van der Waals surface area contributed by atoms with Gasteiger partial charge < -0.3 is 19.5 Å². The third-order valence-corrected chi connectivity index (χ3v) is 4.97. The molecule has 6 nitrogen and oxygen atoms in total. The molecule has 0 aromatic carbocycles. The van der Waals surface area contributed by atoms with Gasteiger partial charge in [0.1, 0.15) is 11.5 Å². The Morgan fingerprint density at radius 3 is 2.96 bits per heavy atom. The third-order valence-electron chi connectivity index (χ3n) is 4.97. The van der Waals surface area contributed by atoms with E-state index in [4.69, 9.17) is 4.74 Å². The standard InChI is InChI=1S/C18H22N4O2/c23-17(15-4-3-8-19-15)22-10-11-24-14-18(13-22)6-9-21(12-18)16-5-1-2-7-20-16/h1-5,7-8,19H,6,9-14H2. The summed E-state index contributed by atoms with van der Waals surface area (Å²) in [5, 5.41) is 0. The molecule has 4 heterocycles. The summed E-state index contributed by atoms with van der Waals surface area (Å²) in [4.78, 5) is 24.4. The maximum Gasteiger partial charge on any atom is 0.270 e. The van der Waals surface area contributed by atoms with Gasteiger partial charge in [-0.25, -0.2) is 4.98 Å². The SMILES string of the molecule is O=C(c1ccc[nH]1)N1CCOCC2(CCN(c3ccccn3)C2)C1. The summed E-state index contributed by atoms with van der Waals surface area (Å²) in [6.07, 6.45) is 4.62. The first-order valence-corrected chi connectivity index (χ1v) is 8.42. The molecule has 126 valence electrons. The number of anilines is 1. The van der Waals surface area contributed by atoms with Crippen LogP contribution >= 0.6 is 0 Å². The van der Waals surface area contributed by atoms with Gasteiger partial charge in [0.25, 0.3) is 5.91 Å². The van der Waals surface area contributed by atoms with Crippen molar-refractivity contribution in [3.05, 3.63) is 48.4 Å². The first-order valence-electron chi connectivity index (χ1n) is 8.42. The summed E-state index contributed by atoms with van der Waals surface area (Å²) in [6, 6.07) is 9.67. The second-order valence-corrected chi connectivity index (χ2v) is 6.72. The minimum absolute atomic E-state index is 0.0176. The molecule has 1 unspecified atom stereocenters. The quantitative estimate of drug-likeness (QED) is 0.914. The fraction of sp³-hybridized carbons (Fsp3) is 0.444. The zero-order valence-electron chi connectivity index (χ0n) is 13.6. The van der Waals surface area contributed by atoms with Gasteiger partial charge in [-0.05, 0) is 30.7 Å². The van der Waals surface area contributed by atoms with Crippen LogP contribution in [0.5, 0.6) is 0 Å². The van der Waals surface area contributed by atoms with Crippen LogP contribution in [0.3, 0.4) is 0 Å². The summed E-state index contributed by atoms with van der Waals surface area (Å²) in [5.41, 5.74) is 0.627. The zero-order valence-corrected chi connectivity index (χ0v) is 13.6. The van der Waals surface area contributed by atoms with Gasteiger partial charge in [0.05, 0.1) is 13.2 Å². The number of rotatable bonds is 2. The van der Waals surface area contributed by atoms with E-state index in [9.17, 15) is 4.79 Å². The van der Waals surface area contributed by atoms with Gasteiger partial charge in [0.15, 0.2) is 0 Å². The van der Waals surface area contributed by atoms with Crippen LogP contribution in [0.1, 0.15) is 16.9 Å². The van der Waals surface area contributed by atoms with Gasteiger partial charge in [-0.3, -0.25) is 4.79 Å². The van der Waals surface area contributed by atoms with E-state index in [1.807, 2.05) is 41.4 Å². The molecule has 0 radical (unpaired) electrons. The van der Waals surface area contributed by atoms with Crippen LogP contribution in [0.4, 0.5) is 5.82 Å². The van der Waals surface area contributed by atoms with Gasteiger partial charge in [-0.2, -0.15) is 0 Å². The third kappa shape index (κ3) is 2.89. The highest BCUT2D eigenvalue weighted by Gasteiger charge is 2.42. The second-order valence-electron chi connectivity index (χ2n) is 6.72. The summed E-state index contributed by atoms with van der Waals surface area (Å²) in [5.74, 6) is 1.06. The van der Waals surface area contributed by atoms with E-state index < -0.39 is 0 Å². The molecule has 2 aromatic heterocycles. The van der Waals surface area contributed by atoms with Gasteiger partial charge in [0, 0.05) is 44.0 Å². The van der Waals surface area contributed by atoms with Gasteiger partial charge in [-0.1, -0.05) is 6.07 Å². The van der Waals surface area contributed by atoms with Crippen molar-refractivity contribution in [2.45, 2.75) is 6.42 Å². The Kier molecular flexibility index (Phi) is 3.98. The molecule has 1 atom stereocenters. The Morgan fingerprint density at radius 1 is 1.21 bits per heavy atom. The Hall–Kier alpha value is -2.34. The molecule has 2 aliphatic heterocycles. The normalized spacial score (nSPS) is 24.3. The van der Waals surface area contributed by atoms with Gasteiger partial charge in [-0.15, -0.1) is 0 Å². The van der Waals surface area contributed by atoms with E-state index in [0.717, 1.165) is 31.9 Å². The van der Waals surface area contributed by atoms with Crippen LogP contribution in [0.2, 0.25) is 0 Å². The van der Waals surface area contributed by atoms with Crippen LogP contribution in [0, 0.1) is 5.41 Å². The number of aromatic nitrogens is 2. The lowest BCUT2D eigenvalue weighted by molar-refractivity contribution is 0.0686. The Bertz CT molecular complexity index is 688. The van der Waals surface area contributed by atoms with Crippen LogP contribution in [0.15, 0.2) is 42.7 Å². The van der Waals surface area contributed by atoms with Crippen LogP contribution < -0.4 is 4.90 Å². The number of pyridine rings is 1. The Morgan fingerprint density at radius 2 is 2.17 bits per heavy atom. The summed E-state index contributed by atoms with van der Waals surface area (Å²) in [6.45, 7) is 4.49. The van der Waals surface area contributed by atoms with Gasteiger partial charge in [0.2, 0.25) is 0 Å². The minimum Gasteiger partial charge on any atom is -0.379 e. The molecule has 0 bridgehead atoms. The molecule has 0 aliphatic carbocycles. The smallest absolute Gasteiger partial charge is 0.270 e. The number of carbonyl (C=O) groups excluding carboxylic acids is 1. The topological polar surface area (TPSA) is 61.5 Å². The number of hydrogen-bond acceptors (Lipinski definition) is 4. The van der Waals surface area contributed by atoms with Crippen molar-refractivity contribution >= 4 is 11.7 Å². The first kappa shape index (κ1) is 15.2. The molecule has 2 aromatic rings. The molecule has 4 rings (SSSR count). The number of nitrogens with one attached hydrogen (secondary N) is 1. The zero-order chi connectivity index (χ0) is 16.4. The molecule has 1 N–H and O–H groups in total. The van der Waals surface area contributed by atoms with E-state index in [1.54, 1.807) is 6.20 Å². The van der Waals surface area contributed by atoms with Crippen molar-refractivity contribution < 1.29 is 9.53 Å². The summed E-state index contributed by atoms with van der Waals surface area (Å²) < 4.78 is 5.86. The molecule has 1 spiro atoms. The average Bonchev–Trinajstić information content (AvgIpc) is 3.24. The second kappa shape index (κ2) is 6.28. The number of carbonyl (C=O) groups is 1. The van der Waals surface area contributed by atoms with E-state index in [1.165, 1.54) is 0 Å². The van der Waals surface area contributed by atoms with Crippen LogP contribution in [-0.4, -0.2) is 60.2 Å². The summed E-state index contributed by atoms with van der Waals surface area (Å²) in [7, 11) is 0. The van der Waals surface area contributed by atoms with Crippen molar-refractivity contribution in [1.82, 2.24) is 14.9 Å². The van der Waals surface area contributed by atoms with Crippen LogP contribution in [-0.2, 0) is 4.74 Å². The largest absolute Gasteiger partial charge is 0.379 e. The number of H-pyrrole nitrogens is 1. The molecule has 2 aliphatic rings. The predicted octanol–water partition coefficient (Wildman–Crippen LogP) is 1.78. The highest BCUT2D eigenvalue weighted by atomic mass is 16.5. The fourth-order valence-corrected chi connectivity index (χ4v) is 3.72. The molecule has 6 heteroatoms. The first-order chi connectivity index (χ1) is 11.8. The average molecular weight is 326 g/mol. The lowest BCUT2D eigenvalue weighted by Gasteiger charge is -2.31. The number of hydrogen-bond donors (Lipinski definition) is 1. The molecule has 2 saturated heterocycles. The molecule has 0 saturated carbocycles. The molecule has 2 fully saturated rings. The van der Waals surface area contributed by atoms with Gasteiger partial charge >= 0.3 is 0 Å². The van der Waals surface area contributed by atoms with Crippen molar-refractivity contribution in [3.63, 3.8) is 0 Å². The molecular weight excluding hydrogens is 304 g/mol. The van der Waals surface area contributed by atoms with E-state index >= 15 is 0 Å². The van der Waals surface area contributed by atoms with E-state index in [-0.39, 0.29) is 11.3 Å². The highest BCUT2D eigenvalue weighted by Crippen LogP contribution is 2.35. The van der Waals surface area contributed by atoms with Crippen molar-refractivity contribution in [1.29, 1.82) is 0 Å². The number of aromatic amines is 1. The lowest BCUT2D eigenvalue weighted by atomic mass is 9.87. The highest BCUT2D eigenvalue weighted by molar-refractivity contribution is 5.92. The van der Waals surface area contributed by atoms with Crippen molar-refractivity contribution in [3.8, 4) is 0 Å². The molecular formula is C18H22N4O2. The number of amides is 1. The monoisotopic (exact) mass is 326 g/mol. The van der Waals surface area contributed by atoms with E-state index in [0.29, 0.717) is 25.5 Å². The molecule has 1 amide bonds. The number of ether oxygens (including phenoxy) is 1. The minimum atomic E-state index is -0.0176. The Labute approximate surface area is 141 Å². The molecule has 24 heavy (non-hydrogen) atoms. The van der Waals surface area contributed by atoms with Crippen molar-refractivity contribution in [2.24, 2.45) is 5.41 Å². The fourth-order valence-electron chi connectivity index (χ4n) is 3.72. The predicted molar refractivity (Wildman–Crippen MR) is 91.0 cm³/mol. The summed E-state index contributed by atoms with van der Waals surface area (Å²) >= 11 is 0. The number of nitrogens with zero attached hydrogens (tertiary/aromatic N) is 3. The maximum atomic E-state index is 12.7. The van der Waals surface area contributed by atoms with Crippen molar-refractivity contribution in [2.75, 3.05) is 44.3 Å².